The van der Waals surface area contributed by atoms with Crippen molar-refractivity contribution in [3.05, 3.63) is 27.7 Å². The number of likely N-dealkylation sites (tertiary alicyclic amines) is 2. The van der Waals surface area contributed by atoms with Gasteiger partial charge in [0.15, 0.2) is 5.69 Å². The molecule has 7 nitrogen and oxygen atoms in total. The molecule has 8 heteroatoms. The van der Waals surface area contributed by atoms with Gasteiger partial charge >= 0.3 is 0 Å². The zero-order valence-corrected chi connectivity index (χ0v) is 14.3. The van der Waals surface area contributed by atoms with Gasteiger partial charge < -0.3 is 9.80 Å². The zero-order chi connectivity index (χ0) is 16.8. The van der Waals surface area contributed by atoms with Crippen LogP contribution in [0.3, 0.4) is 0 Å². The van der Waals surface area contributed by atoms with E-state index in [9.17, 15) is 14.4 Å². The number of hydrogen-bond acceptors (Lipinski definition) is 5. The van der Waals surface area contributed by atoms with E-state index in [1.165, 1.54) is 6.07 Å². The lowest BCUT2D eigenvalue weighted by Crippen LogP contribution is -2.52. The summed E-state index contributed by atoms with van der Waals surface area (Å²) in [5.74, 6) is 2.03. The third kappa shape index (κ3) is 2.53. The van der Waals surface area contributed by atoms with Gasteiger partial charge in [-0.3, -0.25) is 19.5 Å². The molecular weight excluding hydrogens is 328 g/mol. The van der Waals surface area contributed by atoms with Gasteiger partial charge in [-0.2, -0.15) is 16.9 Å². The highest BCUT2D eigenvalue weighted by atomic mass is 32.2. The van der Waals surface area contributed by atoms with Crippen molar-refractivity contribution in [2.75, 3.05) is 24.6 Å². The molecule has 0 spiro atoms. The summed E-state index contributed by atoms with van der Waals surface area (Å²) in [5, 5.41) is 6.60. The summed E-state index contributed by atoms with van der Waals surface area (Å²) in [7, 11) is 0. The van der Waals surface area contributed by atoms with Crippen molar-refractivity contribution in [1.82, 2.24) is 20.0 Å². The maximum Gasteiger partial charge on any atom is 0.278 e. The van der Waals surface area contributed by atoms with Crippen LogP contribution in [-0.2, 0) is 4.79 Å². The van der Waals surface area contributed by atoms with Crippen molar-refractivity contribution in [3.63, 3.8) is 0 Å². The molecule has 3 fully saturated rings. The van der Waals surface area contributed by atoms with Gasteiger partial charge in [0.25, 0.3) is 5.91 Å². The van der Waals surface area contributed by atoms with Gasteiger partial charge in [0.1, 0.15) is 0 Å². The van der Waals surface area contributed by atoms with Gasteiger partial charge in [-0.1, -0.05) is 0 Å². The number of thioether (sulfide) groups is 1. The number of nitrogens with one attached hydrogen (secondary N) is 1. The second kappa shape index (κ2) is 5.91. The van der Waals surface area contributed by atoms with Crippen LogP contribution in [-0.4, -0.2) is 68.5 Å². The monoisotopic (exact) mass is 348 g/mol. The number of aromatic amines is 1. The van der Waals surface area contributed by atoms with E-state index in [4.69, 9.17) is 0 Å². The van der Waals surface area contributed by atoms with E-state index in [2.05, 4.69) is 10.2 Å². The number of aromatic nitrogens is 2. The number of carbonyl (C=O) groups is 2. The minimum atomic E-state index is -0.352. The van der Waals surface area contributed by atoms with Crippen molar-refractivity contribution in [1.29, 1.82) is 0 Å². The van der Waals surface area contributed by atoms with Gasteiger partial charge in [-0.15, -0.1) is 0 Å². The lowest BCUT2D eigenvalue weighted by Gasteiger charge is -2.35. The Morgan fingerprint density at radius 2 is 2.04 bits per heavy atom. The van der Waals surface area contributed by atoms with Gasteiger partial charge in [0.05, 0.1) is 12.1 Å². The summed E-state index contributed by atoms with van der Waals surface area (Å²) in [6.45, 7) is 2.82. The molecule has 1 unspecified atom stereocenters. The van der Waals surface area contributed by atoms with Crippen molar-refractivity contribution in [3.8, 4) is 0 Å². The Labute approximate surface area is 143 Å². The summed E-state index contributed by atoms with van der Waals surface area (Å²) in [4.78, 5) is 40.9. The lowest BCUT2D eigenvalue weighted by atomic mass is 10.1. The first-order valence-electron chi connectivity index (χ1n) is 8.30. The summed E-state index contributed by atoms with van der Waals surface area (Å²) in [6.07, 6.45) is 1.77. The third-order valence-corrected chi connectivity index (χ3v) is 6.35. The second-order valence-corrected chi connectivity index (χ2v) is 7.97. The molecule has 0 radical (unpaired) electrons. The summed E-state index contributed by atoms with van der Waals surface area (Å²) in [6, 6.07) is 1.48. The normalized spacial score (nSPS) is 28.6. The van der Waals surface area contributed by atoms with E-state index in [-0.39, 0.29) is 40.9 Å². The Morgan fingerprint density at radius 1 is 1.29 bits per heavy atom. The largest absolute Gasteiger partial charge is 0.336 e. The van der Waals surface area contributed by atoms with Gasteiger partial charge in [0, 0.05) is 36.5 Å². The van der Waals surface area contributed by atoms with Crippen molar-refractivity contribution >= 4 is 23.6 Å². The molecule has 0 saturated carbocycles. The summed E-state index contributed by atoms with van der Waals surface area (Å²) in [5.41, 5.74) is 0.221. The highest BCUT2D eigenvalue weighted by molar-refractivity contribution is 7.99. The van der Waals surface area contributed by atoms with E-state index in [0.29, 0.717) is 18.8 Å². The number of fused-ring (bicyclic) bond motifs is 2. The number of aryl methyl sites for hydroxylation is 1. The Balaban J connectivity index is 1.47. The Bertz CT molecular complexity index is 743. The number of amides is 2. The smallest absolute Gasteiger partial charge is 0.278 e. The molecule has 3 aliphatic rings. The molecule has 1 aromatic heterocycles. The molecule has 128 valence electrons. The van der Waals surface area contributed by atoms with Crippen LogP contribution in [0.15, 0.2) is 10.9 Å². The number of rotatable bonds is 2. The molecule has 3 atom stereocenters. The lowest BCUT2D eigenvalue weighted by molar-refractivity contribution is -0.136. The quantitative estimate of drug-likeness (QED) is 0.828. The van der Waals surface area contributed by atoms with E-state index >= 15 is 0 Å². The molecule has 0 aromatic carbocycles. The fourth-order valence-corrected chi connectivity index (χ4v) is 5.15. The molecular formula is C16H20N4O3S. The maximum atomic E-state index is 12.6. The highest BCUT2D eigenvalue weighted by Crippen LogP contribution is 2.34. The van der Waals surface area contributed by atoms with Crippen LogP contribution in [0, 0.1) is 12.8 Å². The van der Waals surface area contributed by atoms with Gasteiger partial charge in [-0.05, 0) is 25.5 Å². The molecule has 4 heterocycles. The Hall–Kier alpha value is -1.83. The molecule has 4 rings (SSSR count). The summed E-state index contributed by atoms with van der Waals surface area (Å²) >= 11 is 1.84. The predicted molar refractivity (Wildman–Crippen MR) is 90.0 cm³/mol. The SMILES string of the molecule is Cc1cc(=O)c(C(=O)N2C[C@@H]3C[C@H]2CN3C(=O)C2CCSC2)n[nH]1. The topological polar surface area (TPSA) is 86.4 Å². The molecule has 24 heavy (non-hydrogen) atoms. The first kappa shape index (κ1) is 15.7. The molecule has 1 aromatic rings. The van der Waals surface area contributed by atoms with E-state index in [1.54, 1.807) is 11.8 Å². The molecule has 3 saturated heterocycles. The van der Waals surface area contributed by atoms with Crippen molar-refractivity contribution in [2.24, 2.45) is 5.92 Å². The first-order valence-corrected chi connectivity index (χ1v) is 9.45. The van der Waals surface area contributed by atoms with Crippen LogP contribution in [0.1, 0.15) is 29.0 Å². The zero-order valence-electron chi connectivity index (χ0n) is 13.5. The number of piperazine rings is 1. The van der Waals surface area contributed by atoms with Crippen LogP contribution in [0.25, 0.3) is 0 Å². The van der Waals surface area contributed by atoms with E-state index in [1.807, 2.05) is 16.7 Å². The average Bonchev–Trinajstić information content (AvgIpc) is 3.29. The standard InChI is InChI=1S/C16H20N4O3S/c1-9-4-13(21)14(18-17-9)16(23)20-7-11-5-12(20)6-19(11)15(22)10-2-3-24-8-10/h4,10-12H,2-3,5-8H2,1H3,(H,17,21)/t10?,11-,12-/m0/s1. The Kier molecular flexibility index (Phi) is 3.86. The molecule has 1 N–H and O–H groups in total. The predicted octanol–water partition coefficient (Wildman–Crippen LogP) is 0.257. The minimum absolute atomic E-state index is 0.00279. The van der Waals surface area contributed by atoms with Crippen molar-refractivity contribution < 1.29 is 9.59 Å². The second-order valence-electron chi connectivity index (χ2n) is 6.82. The van der Waals surface area contributed by atoms with Crippen LogP contribution in [0.2, 0.25) is 0 Å². The number of H-pyrrole nitrogens is 1. The van der Waals surface area contributed by atoms with Gasteiger partial charge in [0.2, 0.25) is 11.3 Å². The van der Waals surface area contributed by atoms with Crippen LogP contribution in [0.4, 0.5) is 0 Å². The highest BCUT2D eigenvalue weighted by Gasteiger charge is 2.48. The minimum Gasteiger partial charge on any atom is -0.336 e. The number of carbonyl (C=O) groups excluding carboxylic acids is 2. The Morgan fingerprint density at radius 3 is 2.67 bits per heavy atom. The molecule has 0 aliphatic carbocycles. The molecule has 2 bridgehead atoms. The fraction of sp³-hybridized carbons (Fsp3) is 0.625. The van der Waals surface area contributed by atoms with Crippen LogP contribution in [0.5, 0.6) is 0 Å². The fourth-order valence-electron chi connectivity index (χ4n) is 3.94. The van der Waals surface area contributed by atoms with Crippen LogP contribution < -0.4 is 5.43 Å². The average molecular weight is 348 g/mol. The van der Waals surface area contributed by atoms with E-state index < -0.39 is 0 Å². The third-order valence-electron chi connectivity index (χ3n) is 5.19. The van der Waals surface area contributed by atoms with Gasteiger partial charge in [-0.25, -0.2) is 0 Å². The molecule has 3 aliphatic heterocycles. The first-order chi connectivity index (χ1) is 11.5. The summed E-state index contributed by atoms with van der Waals surface area (Å²) < 4.78 is 0. The maximum absolute atomic E-state index is 12.6. The van der Waals surface area contributed by atoms with E-state index in [0.717, 1.165) is 24.3 Å². The molecule has 2 amide bonds. The number of hydrogen-bond donors (Lipinski definition) is 1. The van der Waals surface area contributed by atoms with Crippen molar-refractivity contribution in [2.45, 2.75) is 31.8 Å². The number of nitrogens with zero attached hydrogens (tertiary/aromatic N) is 3. The van der Waals surface area contributed by atoms with Crippen LogP contribution >= 0.6 is 11.8 Å².